The standard InChI is InChI=1S/C16H22N4.ClH/c1-16(11-17)6-8-19(12-16)10-14-2-4-15(5-3-14)20-9-7-18-13-20;/h2-5,7,9,13H,6,8,10-12,17H2,1H3;1H. The SMILES string of the molecule is CC1(CN)CCN(Cc2ccc(-n3ccnc3)cc2)C1.Cl. The Balaban J connectivity index is 0.00000161. The lowest BCUT2D eigenvalue weighted by Crippen LogP contribution is -2.31. The van der Waals surface area contributed by atoms with Crippen LogP contribution in [0, 0.1) is 5.41 Å². The first-order valence-corrected chi connectivity index (χ1v) is 7.18. The molecule has 0 aliphatic carbocycles. The minimum Gasteiger partial charge on any atom is -0.330 e. The largest absolute Gasteiger partial charge is 0.330 e. The summed E-state index contributed by atoms with van der Waals surface area (Å²) in [4.78, 5) is 6.57. The van der Waals surface area contributed by atoms with Crippen molar-refractivity contribution in [2.45, 2.75) is 19.9 Å². The van der Waals surface area contributed by atoms with E-state index in [4.69, 9.17) is 5.73 Å². The molecule has 1 aliphatic heterocycles. The fraction of sp³-hybridized carbons (Fsp3) is 0.438. The molecule has 0 spiro atoms. The number of nitrogens with two attached hydrogens (primary N) is 1. The summed E-state index contributed by atoms with van der Waals surface area (Å²) < 4.78 is 2.02. The third-order valence-corrected chi connectivity index (χ3v) is 4.27. The molecule has 1 saturated heterocycles. The molecule has 0 amide bonds. The maximum atomic E-state index is 5.86. The van der Waals surface area contributed by atoms with Crippen LogP contribution in [-0.4, -0.2) is 34.1 Å². The van der Waals surface area contributed by atoms with Crippen molar-refractivity contribution in [3.63, 3.8) is 0 Å². The van der Waals surface area contributed by atoms with Gasteiger partial charge in [0, 0.05) is 31.2 Å². The number of hydrogen-bond acceptors (Lipinski definition) is 3. The van der Waals surface area contributed by atoms with Gasteiger partial charge in [-0.1, -0.05) is 19.1 Å². The van der Waals surface area contributed by atoms with Crippen molar-refractivity contribution in [2.24, 2.45) is 11.1 Å². The van der Waals surface area contributed by atoms with Crippen LogP contribution in [0.25, 0.3) is 5.69 Å². The Labute approximate surface area is 132 Å². The van der Waals surface area contributed by atoms with Gasteiger partial charge in [0.2, 0.25) is 0 Å². The van der Waals surface area contributed by atoms with Crippen LogP contribution in [0.15, 0.2) is 43.0 Å². The Hall–Kier alpha value is -1.36. The van der Waals surface area contributed by atoms with Crippen LogP contribution in [0.2, 0.25) is 0 Å². The number of aromatic nitrogens is 2. The Bertz CT molecular complexity index is 552. The maximum absolute atomic E-state index is 5.86. The lowest BCUT2D eigenvalue weighted by Gasteiger charge is -2.22. The predicted molar refractivity (Wildman–Crippen MR) is 87.9 cm³/mol. The highest BCUT2D eigenvalue weighted by atomic mass is 35.5. The number of likely N-dealkylation sites (tertiary alicyclic amines) is 1. The van der Waals surface area contributed by atoms with Crippen molar-refractivity contribution in [1.29, 1.82) is 0 Å². The summed E-state index contributed by atoms with van der Waals surface area (Å²) in [5.41, 5.74) is 8.67. The van der Waals surface area contributed by atoms with Crippen molar-refractivity contribution < 1.29 is 0 Å². The van der Waals surface area contributed by atoms with E-state index in [1.165, 1.54) is 12.0 Å². The Kier molecular flexibility index (Phi) is 5.04. The fourth-order valence-electron chi connectivity index (χ4n) is 2.87. The van der Waals surface area contributed by atoms with Gasteiger partial charge in [-0.2, -0.15) is 0 Å². The van der Waals surface area contributed by atoms with Gasteiger partial charge in [-0.25, -0.2) is 4.98 Å². The van der Waals surface area contributed by atoms with Crippen LogP contribution in [0.4, 0.5) is 0 Å². The fourth-order valence-corrected chi connectivity index (χ4v) is 2.87. The van der Waals surface area contributed by atoms with Gasteiger partial charge in [0.1, 0.15) is 0 Å². The van der Waals surface area contributed by atoms with Gasteiger partial charge < -0.3 is 10.3 Å². The van der Waals surface area contributed by atoms with Crippen molar-refractivity contribution >= 4 is 12.4 Å². The summed E-state index contributed by atoms with van der Waals surface area (Å²) in [6.45, 7) is 6.34. The zero-order valence-electron chi connectivity index (χ0n) is 12.4. The molecule has 1 atom stereocenters. The van der Waals surface area contributed by atoms with E-state index in [1.54, 1.807) is 6.20 Å². The van der Waals surface area contributed by atoms with E-state index in [-0.39, 0.29) is 12.4 Å². The summed E-state index contributed by atoms with van der Waals surface area (Å²) >= 11 is 0. The Morgan fingerprint density at radius 2 is 2.05 bits per heavy atom. The van der Waals surface area contributed by atoms with Crippen molar-refractivity contribution in [3.05, 3.63) is 48.5 Å². The van der Waals surface area contributed by atoms with E-state index in [0.717, 1.165) is 31.9 Å². The molecule has 0 saturated carbocycles. The molecule has 1 aliphatic rings. The van der Waals surface area contributed by atoms with Gasteiger partial charge in [0.15, 0.2) is 0 Å². The van der Waals surface area contributed by atoms with Gasteiger partial charge in [-0.15, -0.1) is 12.4 Å². The van der Waals surface area contributed by atoms with E-state index in [9.17, 15) is 0 Å². The molecule has 2 N–H and O–H groups in total. The summed E-state index contributed by atoms with van der Waals surface area (Å²) in [5, 5.41) is 0. The molecule has 1 fully saturated rings. The first-order chi connectivity index (χ1) is 9.68. The number of halogens is 1. The van der Waals surface area contributed by atoms with Gasteiger partial charge in [-0.3, -0.25) is 4.90 Å². The molecule has 3 rings (SSSR count). The Morgan fingerprint density at radius 3 is 2.62 bits per heavy atom. The van der Waals surface area contributed by atoms with E-state index >= 15 is 0 Å². The second kappa shape index (κ2) is 6.60. The van der Waals surface area contributed by atoms with Crippen molar-refractivity contribution in [1.82, 2.24) is 14.5 Å². The number of nitrogens with zero attached hydrogens (tertiary/aromatic N) is 3. The summed E-state index contributed by atoms with van der Waals surface area (Å²) in [7, 11) is 0. The van der Waals surface area contributed by atoms with Crippen LogP contribution in [-0.2, 0) is 6.54 Å². The van der Waals surface area contributed by atoms with E-state index in [2.05, 4.69) is 41.1 Å². The van der Waals surface area contributed by atoms with Gasteiger partial charge >= 0.3 is 0 Å². The molecular formula is C16H23ClN4. The normalized spacial score (nSPS) is 22.2. The molecule has 2 aromatic rings. The van der Waals surface area contributed by atoms with E-state index < -0.39 is 0 Å². The third kappa shape index (κ3) is 3.64. The molecule has 0 bridgehead atoms. The van der Waals surface area contributed by atoms with Crippen LogP contribution in [0.5, 0.6) is 0 Å². The minimum absolute atomic E-state index is 0. The number of benzene rings is 1. The van der Waals surface area contributed by atoms with Gasteiger partial charge in [0.05, 0.1) is 6.33 Å². The summed E-state index contributed by atoms with van der Waals surface area (Å²) in [6, 6.07) is 8.70. The average Bonchev–Trinajstić information content (AvgIpc) is 3.11. The van der Waals surface area contributed by atoms with E-state index in [1.807, 2.05) is 17.1 Å². The molecule has 1 unspecified atom stereocenters. The molecular weight excluding hydrogens is 284 g/mol. The van der Waals surface area contributed by atoms with E-state index in [0.29, 0.717) is 5.41 Å². The number of imidazole rings is 1. The van der Waals surface area contributed by atoms with Crippen LogP contribution in [0.1, 0.15) is 18.9 Å². The number of hydrogen-bond donors (Lipinski definition) is 1. The van der Waals surface area contributed by atoms with Crippen LogP contribution < -0.4 is 5.73 Å². The highest BCUT2D eigenvalue weighted by molar-refractivity contribution is 5.85. The summed E-state index contributed by atoms with van der Waals surface area (Å²) in [5.74, 6) is 0. The zero-order valence-corrected chi connectivity index (χ0v) is 13.2. The van der Waals surface area contributed by atoms with Gasteiger partial charge in [0.25, 0.3) is 0 Å². The average molecular weight is 307 g/mol. The highest BCUT2D eigenvalue weighted by Crippen LogP contribution is 2.29. The highest BCUT2D eigenvalue weighted by Gasteiger charge is 2.32. The van der Waals surface area contributed by atoms with Crippen molar-refractivity contribution in [3.8, 4) is 5.69 Å². The second-order valence-corrected chi connectivity index (χ2v) is 6.11. The molecule has 2 heterocycles. The Morgan fingerprint density at radius 1 is 1.29 bits per heavy atom. The third-order valence-electron chi connectivity index (χ3n) is 4.27. The first-order valence-electron chi connectivity index (χ1n) is 7.18. The molecule has 1 aromatic heterocycles. The maximum Gasteiger partial charge on any atom is 0.0991 e. The topological polar surface area (TPSA) is 47.1 Å². The predicted octanol–water partition coefficient (Wildman–Crippen LogP) is 2.46. The molecule has 1 aromatic carbocycles. The second-order valence-electron chi connectivity index (χ2n) is 6.11. The lowest BCUT2D eigenvalue weighted by molar-refractivity contribution is 0.274. The first kappa shape index (κ1) is 16.0. The van der Waals surface area contributed by atoms with Gasteiger partial charge in [-0.05, 0) is 42.6 Å². The lowest BCUT2D eigenvalue weighted by atomic mass is 9.90. The molecule has 4 nitrogen and oxygen atoms in total. The molecule has 21 heavy (non-hydrogen) atoms. The minimum atomic E-state index is 0. The molecule has 114 valence electrons. The van der Waals surface area contributed by atoms with Crippen LogP contribution in [0.3, 0.4) is 0 Å². The quantitative estimate of drug-likeness (QED) is 0.944. The zero-order chi connectivity index (χ0) is 14.0. The smallest absolute Gasteiger partial charge is 0.0991 e. The number of rotatable bonds is 4. The van der Waals surface area contributed by atoms with Crippen LogP contribution >= 0.6 is 12.4 Å². The summed E-state index contributed by atoms with van der Waals surface area (Å²) in [6.07, 6.45) is 6.78. The monoisotopic (exact) mass is 306 g/mol. The molecule has 5 heteroatoms. The van der Waals surface area contributed by atoms with Crippen molar-refractivity contribution in [2.75, 3.05) is 19.6 Å². The molecule has 0 radical (unpaired) electrons.